The fourth-order valence-electron chi connectivity index (χ4n) is 4.02. The summed E-state index contributed by atoms with van der Waals surface area (Å²) >= 11 is 0. The number of amides is 1. The van der Waals surface area contributed by atoms with Crippen LogP contribution in [0.2, 0.25) is 0 Å². The third-order valence-corrected chi connectivity index (χ3v) is 5.69. The van der Waals surface area contributed by atoms with Crippen LogP contribution >= 0.6 is 0 Å². The summed E-state index contributed by atoms with van der Waals surface area (Å²) in [6.45, 7) is 5.37. The molecule has 1 aromatic carbocycles. The molecule has 0 saturated carbocycles. The Hall–Kier alpha value is -3.33. The first-order chi connectivity index (χ1) is 15.4. The highest BCUT2D eigenvalue weighted by molar-refractivity contribution is 6.03. The molecule has 9 heteroatoms. The van der Waals surface area contributed by atoms with Crippen LogP contribution in [0.1, 0.15) is 41.1 Å². The average Bonchev–Trinajstić information content (AvgIpc) is 3.12. The van der Waals surface area contributed by atoms with Gasteiger partial charge in [0.05, 0.1) is 6.20 Å². The summed E-state index contributed by atoms with van der Waals surface area (Å²) < 4.78 is 21.4. The van der Waals surface area contributed by atoms with Crippen LogP contribution in [0.5, 0.6) is 5.75 Å². The number of halogens is 1. The largest absolute Gasteiger partial charge is 0.491 e. The highest BCUT2D eigenvalue weighted by Gasteiger charge is 2.20. The average molecular weight is 439 g/mol. The Morgan fingerprint density at radius 3 is 2.72 bits per heavy atom. The van der Waals surface area contributed by atoms with Crippen LogP contribution in [-0.2, 0) is 7.05 Å². The zero-order valence-electron chi connectivity index (χ0n) is 18.5. The maximum absolute atomic E-state index is 14.0. The van der Waals surface area contributed by atoms with E-state index in [1.54, 1.807) is 6.07 Å². The molecule has 32 heavy (non-hydrogen) atoms. The smallest absolute Gasteiger partial charge is 0.276 e. The number of nitrogens with zero attached hydrogens (tertiary/aromatic N) is 4. The van der Waals surface area contributed by atoms with Crippen LogP contribution < -0.4 is 15.4 Å². The van der Waals surface area contributed by atoms with Crippen molar-refractivity contribution in [1.82, 2.24) is 25.1 Å². The normalized spacial score (nSPS) is 16.1. The van der Waals surface area contributed by atoms with Gasteiger partial charge in [0.25, 0.3) is 5.91 Å². The number of piperidine rings is 1. The lowest BCUT2D eigenvalue weighted by Crippen LogP contribution is -2.38. The molecule has 1 amide bonds. The summed E-state index contributed by atoms with van der Waals surface area (Å²) in [7, 11) is 1.52. The van der Waals surface area contributed by atoms with Crippen molar-refractivity contribution in [3.05, 3.63) is 53.6 Å². The van der Waals surface area contributed by atoms with Crippen LogP contribution in [0.15, 0.2) is 30.7 Å². The van der Waals surface area contributed by atoms with Crippen LogP contribution in [0.3, 0.4) is 0 Å². The molecular weight excluding hydrogens is 411 g/mol. The van der Waals surface area contributed by atoms with Crippen molar-refractivity contribution in [2.45, 2.75) is 39.2 Å². The molecule has 8 nitrogen and oxygen atoms in total. The standard InChI is InChI=1S/C23H27FN6O2/c1-14-21(15(2)27-13-26-14)18-10-16(29-23(31)22-19(24)11-28-30(22)3)7-8-20(18)32-12-17-6-4-5-9-25-17/h7-8,10-11,13,17,25H,4-6,9,12H2,1-3H3,(H,29,31). The summed E-state index contributed by atoms with van der Waals surface area (Å²) in [5.41, 5.74) is 3.61. The van der Waals surface area contributed by atoms with Gasteiger partial charge in [0.15, 0.2) is 11.5 Å². The highest BCUT2D eigenvalue weighted by atomic mass is 19.1. The minimum atomic E-state index is -0.673. The van der Waals surface area contributed by atoms with Crippen molar-refractivity contribution in [2.75, 3.05) is 18.5 Å². The maximum Gasteiger partial charge on any atom is 0.276 e. The van der Waals surface area contributed by atoms with E-state index < -0.39 is 11.7 Å². The molecule has 3 aromatic rings. The third-order valence-electron chi connectivity index (χ3n) is 5.69. The summed E-state index contributed by atoms with van der Waals surface area (Å²) in [6.07, 6.45) is 6.00. The van der Waals surface area contributed by atoms with Crippen LogP contribution in [-0.4, -0.2) is 44.8 Å². The second kappa shape index (κ2) is 9.44. The minimum Gasteiger partial charge on any atom is -0.491 e. The molecule has 1 atom stereocenters. The Labute approximate surface area is 186 Å². The van der Waals surface area contributed by atoms with Gasteiger partial charge in [-0.3, -0.25) is 9.48 Å². The number of hydrogen-bond donors (Lipinski definition) is 2. The number of carbonyl (C=O) groups excluding carboxylic acids is 1. The molecule has 0 aliphatic carbocycles. The SMILES string of the molecule is Cc1ncnc(C)c1-c1cc(NC(=O)c2c(F)cnn2C)ccc1OCC1CCCCN1. The van der Waals surface area contributed by atoms with E-state index in [1.807, 2.05) is 26.0 Å². The van der Waals surface area contributed by atoms with Crippen molar-refractivity contribution in [1.29, 1.82) is 0 Å². The molecule has 4 rings (SSSR count). The topological polar surface area (TPSA) is 94.0 Å². The van der Waals surface area contributed by atoms with Gasteiger partial charge in [0, 0.05) is 41.3 Å². The van der Waals surface area contributed by atoms with E-state index >= 15 is 0 Å². The number of rotatable bonds is 6. The Morgan fingerprint density at radius 2 is 2.06 bits per heavy atom. The molecule has 1 aliphatic rings. The Bertz CT molecular complexity index is 1080. The van der Waals surface area contributed by atoms with Gasteiger partial charge in [-0.15, -0.1) is 0 Å². The molecule has 0 radical (unpaired) electrons. The lowest BCUT2D eigenvalue weighted by Gasteiger charge is -2.24. The first-order valence-electron chi connectivity index (χ1n) is 10.7. The van der Waals surface area contributed by atoms with E-state index in [0.717, 1.165) is 41.7 Å². The zero-order chi connectivity index (χ0) is 22.7. The molecular formula is C23H27FN6O2. The summed E-state index contributed by atoms with van der Waals surface area (Å²) in [6, 6.07) is 5.68. The van der Waals surface area contributed by atoms with Gasteiger partial charge in [0.1, 0.15) is 18.7 Å². The number of ether oxygens (including phenoxy) is 1. The fraction of sp³-hybridized carbons (Fsp3) is 0.391. The lowest BCUT2D eigenvalue weighted by atomic mass is 10.0. The van der Waals surface area contributed by atoms with Gasteiger partial charge >= 0.3 is 0 Å². The number of carbonyl (C=O) groups is 1. The van der Waals surface area contributed by atoms with Gasteiger partial charge in [-0.05, 0) is 51.4 Å². The van der Waals surface area contributed by atoms with Gasteiger partial charge in [0.2, 0.25) is 0 Å². The number of aromatic nitrogens is 4. The molecule has 1 aliphatic heterocycles. The highest BCUT2D eigenvalue weighted by Crippen LogP contribution is 2.36. The van der Waals surface area contributed by atoms with Gasteiger partial charge in [-0.2, -0.15) is 5.10 Å². The van der Waals surface area contributed by atoms with E-state index in [0.29, 0.717) is 24.1 Å². The quantitative estimate of drug-likeness (QED) is 0.613. The molecule has 1 saturated heterocycles. The van der Waals surface area contributed by atoms with Crippen molar-refractivity contribution >= 4 is 11.6 Å². The van der Waals surface area contributed by atoms with E-state index in [4.69, 9.17) is 4.74 Å². The van der Waals surface area contributed by atoms with Crippen LogP contribution in [0.4, 0.5) is 10.1 Å². The zero-order valence-corrected chi connectivity index (χ0v) is 18.5. The molecule has 0 bridgehead atoms. The Morgan fingerprint density at radius 1 is 1.28 bits per heavy atom. The first kappa shape index (κ1) is 21.9. The molecule has 2 N–H and O–H groups in total. The van der Waals surface area contributed by atoms with E-state index in [9.17, 15) is 9.18 Å². The Kier molecular flexibility index (Phi) is 6.45. The monoisotopic (exact) mass is 438 g/mol. The minimum absolute atomic E-state index is 0.134. The molecule has 3 heterocycles. The fourth-order valence-corrected chi connectivity index (χ4v) is 4.02. The number of anilines is 1. The molecule has 1 fully saturated rings. The molecule has 1 unspecified atom stereocenters. The third kappa shape index (κ3) is 4.62. The lowest BCUT2D eigenvalue weighted by molar-refractivity contribution is 0.101. The van der Waals surface area contributed by atoms with Crippen molar-refractivity contribution in [3.8, 4) is 16.9 Å². The Balaban J connectivity index is 1.65. The second-order valence-electron chi connectivity index (χ2n) is 8.01. The summed E-state index contributed by atoms with van der Waals surface area (Å²) in [4.78, 5) is 21.3. The van der Waals surface area contributed by atoms with Gasteiger partial charge in [-0.1, -0.05) is 6.42 Å². The number of nitrogens with one attached hydrogen (secondary N) is 2. The first-order valence-corrected chi connectivity index (χ1v) is 10.7. The number of benzene rings is 1. The van der Waals surface area contributed by atoms with Crippen molar-refractivity contribution in [2.24, 2.45) is 7.05 Å². The van der Waals surface area contributed by atoms with Gasteiger partial charge < -0.3 is 15.4 Å². The van der Waals surface area contributed by atoms with E-state index in [-0.39, 0.29) is 5.69 Å². The van der Waals surface area contributed by atoms with Crippen molar-refractivity contribution in [3.63, 3.8) is 0 Å². The predicted molar refractivity (Wildman–Crippen MR) is 119 cm³/mol. The van der Waals surface area contributed by atoms with Crippen LogP contribution in [0.25, 0.3) is 11.1 Å². The van der Waals surface area contributed by atoms with E-state index in [1.165, 1.54) is 30.9 Å². The number of aryl methyl sites for hydroxylation is 3. The van der Waals surface area contributed by atoms with E-state index in [2.05, 4.69) is 25.7 Å². The molecule has 0 spiro atoms. The molecule has 168 valence electrons. The van der Waals surface area contributed by atoms with Crippen molar-refractivity contribution < 1.29 is 13.9 Å². The predicted octanol–water partition coefficient (Wildman–Crippen LogP) is 3.41. The summed E-state index contributed by atoms with van der Waals surface area (Å²) in [5, 5.41) is 10.0. The second-order valence-corrected chi connectivity index (χ2v) is 8.01. The van der Waals surface area contributed by atoms with Crippen LogP contribution in [0, 0.1) is 19.7 Å². The maximum atomic E-state index is 14.0. The number of hydrogen-bond acceptors (Lipinski definition) is 6. The van der Waals surface area contributed by atoms with Gasteiger partial charge in [-0.25, -0.2) is 14.4 Å². The molecule has 2 aromatic heterocycles. The summed E-state index contributed by atoms with van der Waals surface area (Å²) in [5.74, 6) is -0.567.